The van der Waals surface area contributed by atoms with Crippen molar-refractivity contribution in [2.45, 2.75) is 51.0 Å². The Balaban J connectivity index is 1.70. The Kier molecular flexibility index (Phi) is 4.59. The normalized spacial score (nSPS) is 17.0. The summed E-state index contributed by atoms with van der Waals surface area (Å²) in [7, 11) is 1.65. The monoisotopic (exact) mass is 291 g/mol. The zero-order valence-corrected chi connectivity index (χ0v) is 12.4. The highest BCUT2D eigenvalue weighted by atomic mass is 16.5. The molecule has 2 aromatic rings. The molecule has 0 saturated heterocycles. The Morgan fingerprint density at radius 1 is 1.29 bits per heavy atom. The fourth-order valence-corrected chi connectivity index (χ4v) is 2.73. The smallest absolute Gasteiger partial charge is 0.280 e. The second-order valence-corrected chi connectivity index (χ2v) is 5.49. The van der Waals surface area contributed by atoms with Gasteiger partial charge in [0.15, 0.2) is 11.5 Å². The van der Waals surface area contributed by atoms with Crippen LogP contribution >= 0.6 is 0 Å². The third-order valence-corrected chi connectivity index (χ3v) is 3.93. The molecule has 0 bridgehead atoms. The highest BCUT2D eigenvalue weighted by Gasteiger charge is 2.18. The summed E-state index contributed by atoms with van der Waals surface area (Å²) in [5.74, 6) is 1.07. The maximum atomic E-state index is 5.24. The van der Waals surface area contributed by atoms with Gasteiger partial charge in [-0.25, -0.2) is 4.68 Å². The molecule has 1 saturated carbocycles. The van der Waals surface area contributed by atoms with E-state index in [0.29, 0.717) is 36.5 Å². The molecule has 0 atom stereocenters. The van der Waals surface area contributed by atoms with E-state index in [1.165, 1.54) is 38.5 Å². The zero-order valence-electron chi connectivity index (χ0n) is 12.4. The first-order valence-electron chi connectivity index (χ1n) is 7.60. The van der Waals surface area contributed by atoms with Crippen molar-refractivity contribution in [2.75, 3.05) is 13.7 Å². The van der Waals surface area contributed by atoms with Gasteiger partial charge in [0.1, 0.15) is 0 Å². The summed E-state index contributed by atoms with van der Waals surface area (Å²) in [5, 5.41) is 12.3. The van der Waals surface area contributed by atoms with Gasteiger partial charge >= 0.3 is 0 Å². The fourth-order valence-electron chi connectivity index (χ4n) is 2.73. The molecule has 0 radical (unpaired) electrons. The Bertz CT molecular complexity index is 557. The summed E-state index contributed by atoms with van der Waals surface area (Å²) >= 11 is 0. The molecule has 7 heteroatoms. The molecule has 1 aliphatic rings. The third kappa shape index (κ3) is 3.47. The lowest BCUT2D eigenvalue weighted by atomic mass is 10.1. The summed E-state index contributed by atoms with van der Waals surface area (Å²) in [6.07, 6.45) is 10.1. The van der Waals surface area contributed by atoms with Gasteiger partial charge in [0.2, 0.25) is 0 Å². The lowest BCUT2D eigenvalue weighted by molar-refractivity contribution is 0.199. The van der Waals surface area contributed by atoms with E-state index in [4.69, 9.17) is 9.26 Å². The molecule has 0 spiro atoms. The number of hydrogen-bond acceptors (Lipinski definition) is 6. The van der Waals surface area contributed by atoms with E-state index < -0.39 is 0 Å². The minimum absolute atomic E-state index is 0.431. The Morgan fingerprint density at radius 2 is 2.10 bits per heavy atom. The van der Waals surface area contributed by atoms with Gasteiger partial charge in [-0.1, -0.05) is 36.1 Å². The highest BCUT2D eigenvalue weighted by Crippen LogP contribution is 2.27. The predicted octanol–water partition coefficient (Wildman–Crippen LogP) is 2.41. The number of aromatic nitrogens is 5. The molecule has 0 aromatic carbocycles. The fraction of sp³-hybridized carbons (Fsp3) is 0.714. The summed E-state index contributed by atoms with van der Waals surface area (Å²) in [6, 6.07) is 0.449. The molecule has 21 heavy (non-hydrogen) atoms. The van der Waals surface area contributed by atoms with Crippen LogP contribution in [0.4, 0.5) is 0 Å². The topological polar surface area (TPSA) is 78.9 Å². The first-order chi connectivity index (χ1) is 10.4. The molecule has 2 aromatic heterocycles. The average molecular weight is 291 g/mol. The van der Waals surface area contributed by atoms with Crippen LogP contribution in [0.2, 0.25) is 0 Å². The quantitative estimate of drug-likeness (QED) is 0.787. The molecule has 0 N–H and O–H groups in total. The molecular weight excluding hydrogens is 270 g/mol. The van der Waals surface area contributed by atoms with Crippen molar-refractivity contribution in [2.24, 2.45) is 0 Å². The number of nitrogens with zero attached hydrogens (tertiary/aromatic N) is 5. The van der Waals surface area contributed by atoms with Gasteiger partial charge in [0, 0.05) is 13.5 Å². The molecule has 114 valence electrons. The van der Waals surface area contributed by atoms with E-state index in [-0.39, 0.29) is 0 Å². The highest BCUT2D eigenvalue weighted by molar-refractivity contribution is 5.43. The Morgan fingerprint density at radius 3 is 2.86 bits per heavy atom. The van der Waals surface area contributed by atoms with Gasteiger partial charge in [-0.15, -0.1) is 5.10 Å². The summed E-state index contributed by atoms with van der Waals surface area (Å²) in [6.45, 7) is 0.577. The van der Waals surface area contributed by atoms with Crippen LogP contribution in [-0.2, 0) is 11.2 Å². The van der Waals surface area contributed by atoms with Crippen LogP contribution in [0.25, 0.3) is 11.6 Å². The third-order valence-electron chi connectivity index (χ3n) is 3.93. The standard InChI is InChI=1S/C14H21N5O2/c1-20-9-8-13-15-14(21-17-13)12-10-19(18-16-12)11-6-4-2-3-5-7-11/h10-11H,2-9H2,1H3. The van der Waals surface area contributed by atoms with Crippen molar-refractivity contribution in [3.05, 3.63) is 12.0 Å². The van der Waals surface area contributed by atoms with Gasteiger partial charge in [-0.05, 0) is 12.8 Å². The van der Waals surface area contributed by atoms with Crippen molar-refractivity contribution in [1.29, 1.82) is 0 Å². The van der Waals surface area contributed by atoms with Crippen molar-refractivity contribution < 1.29 is 9.26 Å². The molecular formula is C14H21N5O2. The maximum absolute atomic E-state index is 5.24. The Hall–Kier alpha value is -1.76. The SMILES string of the molecule is COCCc1noc(-c2cn(C3CCCCCC3)nn2)n1. The van der Waals surface area contributed by atoms with E-state index in [1.54, 1.807) is 7.11 Å². The van der Waals surface area contributed by atoms with Crippen LogP contribution in [-0.4, -0.2) is 38.9 Å². The largest absolute Gasteiger partial charge is 0.384 e. The lowest BCUT2D eigenvalue weighted by Crippen LogP contribution is -2.08. The van der Waals surface area contributed by atoms with Crippen molar-refractivity contribution in [3.63, 3.8) is 0 Å². The molecule has 2 heterocycles. The van der Waals surface area contributed by atoms with Crippen LogP contribution in [0.15, 0.2) is 10.7 Å². The summed E-state index contributed by atoms with van der Waals surface area (Å²) in [4.78, 5) is 4.32. The molecule has 3 rings (SSSR count). The number of hydrogen-bond donors (Lipinski definition) is 0. The first-order valence-corrected chi connectivity index (χ1v) is 7.60. The average Bonchev–Trinajstić information content (AvgIpc) is 3.08. The molecule has 0 amide bonds. The van der Waals surface area contributed by atoms with Crippen LogP contribution in [0.3, 0.4) is 0 Å². The van der Waals surface area contributed by atoms with E-state index in [1.807, 2.05) is 10.9 Å². The molecule has 1 aliphatic carbocycles. The van der Waals surface area contributed by atoms with Crippen LogP contribution in [0.1, 0.15) is 50.4 Å². The Labute approximate surface area is 123 Å². The second kappa shape index (κ2) is 6.80. The molecule has 7 nitrogen and oxygen atoms in total. The van der Waals surface area contributed by atoms with Gasteiger partial charge in [0.25, 0.3) is 5.89 Å². The van der Waals surface area contributed by atoms with Gasteiger partial charge in [-0.3, -0.25) is 0 Å². The number of ether oxygens (including phenoxy) is 1. The molecule has 1 fully saturated rings. The molecule has 0 unspecified atom stereocenters. The second-order valence-electron chi connectivity index (χ2n) is 5.49. The van der Waals surface area contributed by atoms with Crippen molar-refractivity contribution in [1.82, 2.24) is 25.1 Å². The lowest BCUT2D eigenvalue weighted by Gasteiger charge is -2.12. The minimum Gasteiger partial charge on any atom is -0.384 e. The van der Waals surface area contributed by atoms with Crippen LogP contribution in [0.5, 0.6) is 0 Å². The maximum Gasteiger partial charge on any atom is 0.280 e. The van der Waals surface area contributed by atoms with E-state index >= 15 is 0 Å². The van der Waals surface area contributed by atoms with Gasteiger partial charge < -0.3 is 9.26 Å². The van der Waals surface area contributed by atoms with Gasteiger partial charge in [-0.2, -0.15) is 4.98 Å². The zero-order chi connectivity index (χ0) is 14.5. The molecule has 0 aliphatic heterocycles. The number of rotatable bonds is 5. The minimum atomic E-state index is 0.431. The van der Waals surface area contributed by atoms with Gasteiger partial charge in [0.05, 0.1) is 18.8 Å². The first kappa shape index (κ1) is 14.2. The van der Waals surface area contributed by atoms with Crippen LogP contribution < -0.4 is 0 Å². The van der Waals surface area contributed by atoms with E-state index in [0.717, 1.165) is 0 Å². The van der Waals surface area contributed by atoms with Crippen molar-refractivity contribution in [3.8, 4) is 11.6 Å². The van der Waals surface area contributed by atoms with E-state index in [2.05, 4.69) is 20.5 Å². The summed E-state index contributed by atoms with van der Waals surface area (Å²) in [5.41, 5.74) is 0.649. The van der Waals surface area contributed by atoms with Crippen LogP contribution in [0, 0.1) is 0 Å². The van der Waals surface area contributed by atoms with Crippen molar-refractivity contribution >= 4 is 0 Å². The number of methoxy groups -OCH3 is 1. The summed E-state index contributed by atoms with van der Waals surface area (Å²) < 4.78 is 12.2. The van der Waals surface area contributed by atoms with E-state index in [9.17, 15) is 0 Å². The predicted molar refractivity (Wildman–Crippen MR) is 75.6 cm³/mol.